The van der Waals surface area contributed by atoms with Crippen LogP contribution in [0.4, 0.5) is 4.79 Å². The van der Waals surface area contributed by atoms with Gasteiger partial charge in [-0.05, 0) is 32.1 Å². The summed E-state index contributed by atoms with van der Waals surface area (Å²) in [6, 6.07) is -0.301. The van der Waals surface area contributed by atoms with E-state index in [1.165, 1.54) is 4.88 Å². The minimum absolute atomic E-state index is 0.102. The number of carbonyl (C=O) groups is 1. The molecule has 1 rings (SSSR count). The van der Waals surface area contributed by atoms with Gasteiger partial charge in [-0.25, -0.2) is 9.78 Å². The Bertz CT molecular complexity index is 458. The fourth-order valence-electron chi connectivity index (χ4n) is 2.19. The zero-order chi connectivity index (χ0) is 16.0. The van der Waals surface area contributed by atoms with Crippen LogP contribution in [0.1, 0.15) is 57.0 Å². The van der Waals surface area contributed by atoms with Gasteiger partial charge >= 0.3 is 6.03 Å². The monoisotopic (exact) mass is 313 g/mol. The fraction of sp³-hybridized carbons (Fsp3) is 0.733. The van der Waals surface area contributed by atoms with E-state index in [1.54, 1.807) is 18.3 Å². The number of aromatic nitrogens is 1. The maximum Gasteiger partial charge on any atom is 0.315 e. The first-order valence-corrected chi connectivity index (χ1v) is 8.22. The van der Waals surface area contributed by atoms with E-state index in [0.29, 0.717) is 13.0 Å². The number of thiazole rings is 1. The normalized spacial score (nSPS) is 14.6. The highest BCUT2D eigenvalue weighted by atomic mass is 32.1. The van der Waals surface area contributed by atoms with Crippen molar-refractivity contribution >= 4 is 17.4 Å². The van der Waals surface area contributed by atoms with E-state index >= 15 is 0 Å². The Labute approximate surface area is 131 Å². The zero-order valence-corrected chi connectivity index (χ0v) is 14.4. The van der Waals surface area contributed by atoms with Crippen molar-refractivity contribution in [2.45, 2.75) is 59.6 Å². The number of aliphatic hydroxyl groups excluding tert-OH is 1. The Morgan fingerprint density at radius 1 is 1.48 bits per heavy atom. The van der Waals surface area contributed by atoms with Crippen LogP contribution in [-0.4, -0.2) is 28.8 Å². The lowest BCUT2D eigenvalue weighted by Crippen LogP contribution is -2.42. The average molecular weight is 313 g/mol. The third-order valence-corrected chi connectivity index (χ3v) is 4.54. The second-order valence-corrected chi connectivity index (χ2v) is 7.43. The molecule has 0 bridgehead atoms. The summed E-state index contributed by atoms with van der Waals surface area (Å²) in [5.41, 5.74) is -0.134. The van der Waals surface area contributed by atoms with Gasteiger partial charge in [0.05, 0.1) is 12.1 Å². The lowest BCUT2D eigenvalue weighted by molar-refractivity contribution is 0.128. The van der Waals surface area contributed by atoms with Gasteiger partial charge in [-0.1, -0.05) is 20.8 Å². The molecule has 0 spiro atoms. The fourth-order valence-corrected chi connectivity index (χ4v) is 3.05. The topological polar surface area (TPSA) is 74.2 Å². The minimum atomic E-state index is -0.369. The van der Waals surface area contributed by atoms with Crippen molar-refractivity contribution in [1.29, 1.82) is 0 Å². The summed E-state index contributed by atoms with van der Waals surface area (Å²) in [4.78, 5) is 17.5. The summed E-state index contributed by atoms with van der Waals surface area (Å²) < 4.78 is 0. The molecular formula is C15H27N3O2S. The molecule has 0 saturated heterocycles. The molecule has 0 saturated carbocycles. The maximum absolute atomic E-state index is 11.9. The number of rotatable bonds is 7. The van der Waals surface area contributed by atoms with Crippen molar-refractivity contribution in [2.24, 2.45) is 5.41 Å². The van der Waals surface area contributed by atoms with E-state index < -0.39 is 0 Å². The number of aryl methyl sites for hydroxylation is 1. The highest BCUT2D eigenvalue weighted by molar-refractivity contribution is 7.11. The quantitative estimate of drug-likeness (QED) is 0.724. The number of nitrogens with one attached hydrogen (secondary N) is 2. The predicted molar refractivity (Wildman–Crippen MR) is 86.5 cm³/mol. The number of nitrogens with zero attached hydrogens (tertiary/aromatic N) is 1. The third kappa shape index (κ3) is 6.44. The summed E-state index contributed by atoms with van der Waals surface area (Å²) in [5, 5.41) is 16.1. The highest BCUT2D eigenvalue weighted by Crippen LogP contribution is 2.22. The van der Waals surface area contributed by atoms with E-state index in [1.807, 2.05) is 27.0 Å². The first-order chi connectivity index (χ1) is 9.73. The second-order valence-electron chi connectivity index (χ2n) is 6.28. The average Bonchev–Trinajstić information content (AvgIpc) is 2.84. The molecule has 1 aromatic heterocycles. The van der Waals surface area contributed by atoms with Gasteiger partial charge in [0, 0.05) is 17.6 Å². The Morgan fingerprint density at radius 3 is 2.67 bits per heavy atom. The molecule has 0 radical (unpaired) electrons. The van der Waals surface area contributed by atoms with Crippen LogP contribution >= 0.6 is 11.3 Å². The Balaban J connectivity index is 2.42. The molecule has 0 aromatic carbocycles. The van der Waals surface area contributed by atoms with Gasteiger partial charge in [-0.15, -0.1) is 11.3 Å². The second kappa shape index (κ2) is 7.75. The molecule has 1 heterocycles. The molecule has 21 heavy (non-hydrogen) atoms. The van der Waals surface area contributed by atoms with Gasteiger partial charge in [0.2, 0.25) is 0 Å². The molecule has 2 atom stereocenters. The van der Waals surface area contributed by atoms with E-state index in [0.717, 1.165) is 11.4 Å². The molecule has 5 nitrogen and oxygen atoms in total. The molecule has 0 fully saturated rings. The molecular weight excluding hydrogens is 286 g/mol. The van der Waals surface area contributed by atoms with Crippen LogP contribution in [-0.2, 0) is 6.42 Å². The van der Waals surface area contributed by atoms with Crippen LogP contribution < -0.4 is 10.6 Å². The van der Waals surface area contributed by atoms with Gasteiger partial charge in [-0.3, -0.25) is 0 Å². The van der Waals surface area contributed by atoms with Crippen molar-refractivity contribution < 1.29 is 9.90 Å². The number of urea groups is 1. The van der Waals surface area contributed by atoms with Gasteiger partial charge in [0.15, 0.2) is 0 Å². The summed E-state index contributed by atoms with van der Waals surface area (Å²) in [6.45, 7) is 10.4. The van der Waals surface area contributed by atoms with E-state index in [4.69, 9.17) is 0 Å². The van der Waals surface area contributed by atoms with E-state index in [-0.39, 0.29) is 23.6 Å². The maximum atomic E-state index is 11.9. The van der Waals surface area contributed by atoms with Crippen molar-refractivity contribution in [3.05, 3.63) is 16.1 Å². The summed E-state index contributed by atoms with van der Waals surface area (Å²) in [6.07, 6.45) is 3.10. The standard InChI is InChI=1S/C15H27N3O2S/c1-6-12-8-16-13(21-12)11(3)18-14(20)17-9-15(4,5)7-10(2)19/h8,10-11,19H,6-7,9H2,1-5H3,(H2,17,18,20). The van der Waals surface area contributed by atoms with Crippen LogP contribution in [0.3, 0.4) is 0 Å². The van der Waals surface area contributed by atoms with Gasteiger partial charge in [-0.2, -0.15) is 0 Å². The molecule has 2 amide bonds. The summed E-state index contributed by atoms with van der Waals surface area (Å²) in [7, 11) is 0. The molecule has 120 valence electrons. The Hall–Kier alpha value is -1.14. The lowest BCUT2D eigenvalue weighted by Gasteiger charge is -2.26. The molecule has 1 aromatic rings. The highest BCUT2D eigenvalue weighted by Gasteiger charge is 2.21. The Morgan fingerprint density at radius 2 is 2.14 bits per heavy atom. The number of amides is 2. The largest absolute Gasteiger partial charge is 0.393 e. The van der Waals surface area contributed by atoms with Crippen molar-refractivity contribution in [3.63, 3.8) is 0 Å². The van der Waals surface area contributed by atoms with Gasteiger partial charge in [0.1, 0.15) is 5.01 Å². The molecule has 6 heteroatoms. The molecule has 0 aliphatic rings. The number of hydrogen-bond acceptors (Lipinski definition) is 4. The SMILES string of the molecule is CCc1cnc(C(C)NC(=O)NCC(C)(C)CC(C)O)s1. The number of hydrogen-bond donors (Lipinski definition) is 3. The van der Waals surface area contributed by atoms with Crippen LogP contribution in [0.15, 0.2) is 6.20 Å². The summed E-state index contributed by atoms with van der Waals surface area (Å²) >= 11 is 1.63. The van der Waals surface area contributed by atoms with Gasteiger partial charge in [0.25, 0.3) is 0 Å². The number of aliphatic hydroxyl groups is 1. The molecule has 0 aliphatic carbocycles. The lowest BCUT2D eigenvalue weighted by atomic mass is 9.87. The summed E-state index contributed by atoms with van der Waals surface area (Å²) in [5.74, 6) is 0. The van der Waals surface area contributed by atoms with Crippen molar-refractivity contribution in [1.82, 2.24) is 15.6 Å². The van der Waals surface area contributed by atoms with Crippen LogP contribution in [0, 0.1) is 5.41 Å². The molecule has 3 N–H and O–H groups in total. The van der Waals surface area contributed by atoms with Crippen LogP contribution in [0.25, 0.3) is 0 Å². The zero-order valence-electron chi connectivity index (χ0n) is 13.6. The first-order valence-electron chi connectivity index (χ1n) is 7.40. The van der Waals surface area contributed by atoms with Crippen molar-refractivity contribution in [3.8, 4) is 0 Å². The van der Waals surface area contributed by atoms with Crippen molar-refractivity contribution in [2.75, 3.05) is 6.54 Å². The number of carbonyl (C=O) groups excluding carboxylic acids is 1. The van der Waals surface area contributed by atoms with Crippen LogP contribution in [0.5, 0.6) is 0 Å². The predicted octanol–water partition coefficient (Wildman–Crippen LogP) is 2.86. The Kier molecular flexibility index (Phi) is 6.61. The molecule has 0 aliphatic heterocycles. The third-order valence-electron chi connectivity index (χ3n) is 3.21. The van der Waals surface area contributed by atoms with E-state index in [2.05, 4.69) is 22.5 Å². The van der Waals surface area contributed by atoms with Crippen LogP contribution in [0.2, 0.25) is 0 Å². The minimum Gasteiger partial charge on any atom is -0.393 e. The van der Waals surface area contributed by atoms with E-state index in [9.17, 15) is 9.90 Å². The smallest absolute Gasteiger partial charge is 0.315 e. The molecule has 2 unspecified atom stereocenters. The first kappa shape index (κ1) is 17.9. The van der Waals surface area contributed by atoms with Gasteiger partial charge < -0.3 is 15.7 Å².